The van der Waals surface area contributed by atoms with Crippen molar-refractivity contribution in [2.45, 2.75) is 45.3 Å². The van der Waals surface area contributed by atoms with Crippen LogP contribution in [0, 0.1) is 0 Å². The van der Waals surface area contributed by atoms with E-state index in [-0.39, 0.29) is 11.4 Å². The van der Waals surface area contributed by atoms with Gasteiger partial charge in [-0.15, -0.1) is 0 Å². The van der Waals surface area contributed by atoms with E-state index in [0.29, 0.717) is 11.3 Å². The molecule has 0 spiro atoms. The van der Waals surface area contributed by atoms with Crippen molar-refractivity contribution in [2.24, 2.45) is 0 Å². The average Bonchev–Trinajstić information content (AvgIpc) is 2.38. The predicted octanol–water partition coefficient (Wildman–Crippen LogP) is 3.23. The van der Waals surface area contributed by atoms with Gasteiger partial charge in [0.2, 0.25) is 0 Å². The quantitative estimate of drug-likeness (QED) is 0.647. The summed E-state index contributed by atoms with van der Waals surface area (Å²) in [4.78, 5) is 23.9. The van der Waals surface area contributed by atoms with Crippen LogP contribution >= 0.6 is 11.6 Å². The molecule has 6 nitrogen and oxygen atoms in total. The van der Waals surface area contributed by atoms with Crippen LogP contribution < -0.4 is 11.1 Å². The van der Waals surface area contributed by atoms with Crippen molar-refractivity contribution >= 4 is 29.4 Å². The molecule has 0 aliphatic carbocycles. The van der Waals surface area contributed by atoms with Gasteiger partial charge in [-0.05, 0) is 39.3 Å². The van der Waals surface area contributed by atoms with Crippen molar-refractivity contribution in [1.29, 1.82) is 0 Å². The maximum Gasteiger partial charge on any atom is 0.408 e. The van der Waals surface area contributed by atoms with Gasteiger partial charge in [0.15, 0.2) is 0 Å². The van der Waals surface area contributed by atoms with Crippen molar-refractivity contribution < 1.29 is 19.1 Å². The predicted molar refractivity (Wildman–Crippen MR) is 89.2 cm³/mol. The number of carbonyl (C=O) groups excluding carboxylic acids is 2. The minimum absolute atomic E-state index is 0.119. The van der Waals surface area contributed by atoms with E-state index in [9.17, 15) is 9.59 Å². The Morgan fingerprint density at radius 3 is 2.39 bits per heavy atom. The summed E-state index contributed by atoms with van der Waals surface area (Å²) >= 11 is 6.25. The molecule has 1 rings (SSSR count). The lowest BCUT2D eigenvalue weighted by Crippen LogP contribution is -2.47. The lowest BCUT2D eigenvalue weighted by atomic mass is 9.88. The Hall–Kier alpha value is -1.95. The van der Waals surface area contributed by atoms with Gasteiger partial charge < -0.3 is 20.5 Å². The van der Waals surface area contributed by atoms with Gasteiger partial charge in [0.25, 0.3) is 0 Å². The first kappa shape index (κ1) is 19.1. The topological polar surface area (TPSA) is 90.6 Å². The summed E-state index contributed by atoms with van der Waals surface area (Å²) in [6, 6.07) is 5.03. The van der Waals surface area contributed by atoms with E-state index < -0.39 is 23.2 Å². The highest BCUT2D eigenvalue weighted by Crippen LogP contribution is 2.34. The molecule has 0 fully saturated rings. The fourth-order valence-electron chi connectivity index (χ4n) is 2.07. The van der Waals surface area contributed by atoms with Crippen LogP contribution in [0.25, 0.3) is 0 Å². The van der Waals surface area contributed by atoms with E-state index in [1.165, 1.54) is 7.11 Å². The monoisotopic (exact) mass is 342 g/mol. The van der Waals surface area contributed by atoms with Crippen LogP contribution in [0.5, 0.6) is 0 Å². The number of ether oxygens (including phenoxy) is 2. The number of halogens is 1. The molecule has 0 heterocycles. The number of amides is 1. The molecule has 0 unspecified atom stereocenters. The van der Waals surface area contributed by atoms with E-state index >= 15 is 0 Å². The number of carbonyl (C=O) groups is 2. The smallest absolute Gasteiger partial charge is 0.408 e. The molecule has 1 atom stereocenters. The summed E-state index contributed by atoms with van der Waals surface area (Å²) < 4.78 is 9.98. The maximum absolute atomic E-state index is 12.2. The number of nitrogens with one attached hydrogen (secondary N) is 1. The third-order valence-corrected chi connectivity index (χ3v) is 3.55. The van der Waals surface area contributed by atoms with Gasteiger partial charge in [-0.2, -0.15) is 0 Å². The van der Waals surface area contributed by atoms with Crippen LogP contribution in [0.15, 0.2) is 18.2 Å². The third-order valence-electron chi connectivity index (χ3n) is 3.13. The van der Waals surface area contributed by atoms with Crippen LogP contribution in [-0.2, 0) is 19.8 Å². The highest BCUT2D eigenvalue weighted by molar-refractivity contribution is 6.34. The molecule has 7 heteroatoms. The zero-order valence-corrected chi connectivity index (χ0v) is 14.8. The molecular weight excluding hydrogens is 320 g/mol. The lowest BCUT2D eigenvalue weighted by Gasteiger charge is -2.32. The Morgan fingerprint density at radius 1 is 1.26 bits per heavy atom. The second-order valence-corrected chi connectivity index (χ2v) is 6.80. The summed E-state index contributed by atoms with van der Waals surface area (Å²) in [7, 11) is 1.27. The van der Waals surface area contributed by atoms with Crippen molar-refractivity contribution in [3.8, 4) is 0 Å². The zero-order valence-electron chi connectivity index (χ0n) is 14.0. The molecule has 0 bridgehead atoms. The molecule has 0 aromatic heterocycles. The van der Waals surface area contributed by atoms with E-state index in [0.717, 1.165) is 0 Å². The fourth-order valence-corrected chi connectivity index (χ4v) is 2.41. The van der Waals surface area contributed by atoms with Gasteiger partial charge in [-0.3, -0.25) is 4.79 Å². The number of nitrogens with two attached hydrogens (primary N) is 1. The number of benzene rings is 1. The van der Waals surface area contributed by atoms with E-state index in [1.807, 2.05) is 0 Å². The Kier molecular flexibility index (Phi) is 5.88. The van der Waals surface area contributed by atoms with Gasteiger partial charge >= 0.3 is 12.1 Å². The Morgan fingerprint density at radius 2 is 1.87 bits per heavy atom. The molecule has 1 amide bonds. The number of methoxy groups -OCH3 is 1. The Labute approximate surface area is 141 Å². The average molecular weight is 343 g/mol. The largest absolute Gasteiger partial charge is 0.469 e. The van der Waals surface area contributed by atoms with Gasteiger partial charge in [0.1, 0.15) is 5.60 Å². The first-order valence-corrected chi connectivity index (χ1v) is 7.49. The van der Waals surface area contributed by atoms with Crippen LogP contribution in [0.3, 0.4) is 0 Å². The Bertz CT molecular complexity index is 598. The molecule has 1 aromatic carbocycles. The van der Waals surface area contributed by atoms with Crippen molar-refractivity contribution in [3.63, 3.8) is 0 Å². The maximum atomic E-state index is 12.2. The van der Waals surface area contributed by atoms with Crippen molar-refractivity contribution in [3.05, 3.63) is 28.8 Å². The highest BCUT2D eigenvalue weighted by Gasteiger charge is 2.35. The molecule has 128 valence electrons. The van der Waals surface area contributed by atoms with Crippen LogP contribution in [0.4, 0.5) is 10.5 Å². The first-order valence-electron chi connectivity index (χ1n) is 7.11. The molecule has 1 aromatic rings. The number of nitrogen functional groups attached to an aromatic ring is 1. The lowest BCUT2D eigenvalue weighted by molar-refractivity contribution is -0.142. The Balaban J connectivity index is 3.20. The van der Waals surface area contributed by atoms with Gasteiger partial charge in [0, 0.05) is 0 Å². The van der Waals surface area contributed by atoms with Gasteiger partial charge in [0.05, 0.1) is 29.8 Å². The summed E-state index contributed by atoms with van der Waals surface area (Å²) in [5.41, 5.74) is 4.89. The minimum atomic E-state index is -1.12. The number of anilines is 1. The number of hydrogen-bond donors (Lipinski definition) is 2. The van der Waals surface area contributed by atoms with E-state index in [1.54, 1.807) is 45.9 Å². The van der Waals surface area contributed by atoms with Crippen LogP contribution in [0.1, 0.15) is 39.7 Å². The second-order valence-electron chi connectivity index (χ2n) is 6.42. The summed E-state index contributed by atoms with van der Waals surface area (Å²) in [6.07, 6.45) is -0.784. The zero-order chi connectivity index (χ0) is 17.8. The van der Waals surface area contributed by atoms with Gasteiger partial charge in [-0.1, -0.05) is 23.7 Å². The molecule has 3 N–H and O–H groups in total. The normalized spacial score (nSPS) is 13.8. The van der Waals surface area contributed by atoms with Crippen LogP contribution in [-0.4, -0.2) is 24.8 Å². The third kappa shape index (κ3) is 5.32. The summed E-state index contributed by atoms with van der Waals surface area (Å²) in [6.45, 7) is 6.90. The molecule has 0 aliphatic rings. The number of alkyl carbamates (subject to hydrolysis) is 1. The summed E-state index contributed by atoms with van der Waals surface area (Å²) in [5, 5.41) is 2.97. The SMILES string of the molecule is COC(=O)C[C@](C)(NC(=O)OC(C)(C)C)c1cccc(N)c1Cl. The molecule has 0 saturated heterocycles. The number of rotatable bonds is 4. The molecule has 0 saturated carbocycles. The van der Waals surface area contributed by atoms with Crippen LogP contribution in [0.2, 0.25) is 5.02 Å². The molecule has 0 aliphatic heterocycles. The highest BCUT2D eigenvalue weighted by atomic mass is 35.5. The fraction of sp³-hybridized carbons (Fsp3) is 0.500. The minimum Gasteiger partial charge on any atom is -0.469 e. The van der Waals surface area contributed by atoms with Crippen molar-refractivity contribution in [2.75, 3.05) is 12.8 Å². The van der Waals surface area contributed by atoms with Crippen molar-refractivity contribution in [1.82, 2.24) is 5.32 Å². The second kappa shape index (κ2) is 7.08. The number of hydrogen-bond acceptors (Lipinski definition) is 5. The molecular formula is C16H23ClN2O4. The van der Waals surface area contributed by atoms with E-state index in [4.69, 9.17) is 26.8 Å². The van der Waals surface area contributed by atoms with Gasteiger partial charge in [-0.25, -0.2) is 4.79 Å². The van der Waals surface area contributed by atoms with E-state index in [2.05, 4.69) is 5.32 Å². The first-order chi connectivity index (χ1) is 10.5. The summed E-state index contributed by atoms with van der Waals surface area (Å²) in [5.74, 6) is -0.498. The number of esters is 1. The molecule has 0 radical (unpaired) electrons. The standard InChI is InChI=1S/C16H23ClN2O4/c1-15(2,3)23-14(21)19-16(4,9-12(20)22-5)10-7-6-8-11(18)13(10)17/h6-8H,9,18H2,1-5H3,(H,19,21)/t16-/m0/s1. The molecule has 23 heavy (non-hydrogen) atoms.